The van der Waals surface area contributed by atoms with Gasteiger partial charge in [0, 0.05) is 6.20 Å². The molecule has 1 aromatic rings. The van der Waals surface area contributed by atoms with Crippen LogP contribution in [0.25, 0.3) is 0 Å². The molecule has 0 amide bonds. The van der Waals surface area contributed by atoms with Gasteiger partial charge in [0.25, 0.3) is 0 Å². The summed E-state index contributed by atoms with van der Waals surface area (Å²) in [5.74, 6) is -0.417. The molecule has 16 heavy (non-hydrogen) atoms. The lowest BCUT2D eigenvalue weighted by Crippen LogP contribution is -2.07. The van der Waals surface area contributed by atoms with Crippen molar-refractivity contribution < 1.29 is 19.3 Å². The van der Waals surface area contributed by atoms with Crippen LogP contribution in [0.5, 0.6) is 0 Å². The summed E-state index contributed by atoms with van der Waals surface area (Å²) in [6, 6.07) is 3.35. The van der Waals surface area contributed by atoms with Gasteiger partial charge in [-0.2, -0.15) is 0 Å². The maximum atomic E-state index is 11.3. The lowest BCUT2D eigenvalue weighted by Gasteiger charge is -2.03. The zero-order valence-electron chi connectivity index (χ0n) is 9.43. The van der Waals surface area contributed by atoms with Gasteiger partial charge in [-0.1, -0.05) is 6.07 Å². The molecule has 0 bridgehead atoms. The molecule has 0 aliphatic heterocycles. The van der Waals surface area contributed by atoms with E-state index < -0.39 is 5.97 Å². The van der Waals surface area contributed by atoms with Crippen LogP contribution in [0.3, 0.4) is 0 Å². The average molecular weight is 225 g/mol. The molecule has 88 valence electrons. The summed E-state index contributed by atoms with van der Waals surface area (Å²) in [5.41, 5.74) is 1.13. The van der Waals surface area contributed by atoms with Crippen molar-refractivity contribution in [3.63, 3.8) is 0 Å². The molecule has 0 unspecified atom stereocenters. The Hall–Kier alpha value is -1.46. The number of pyridine rings is 1. The minimum absolute atomic E-state index is 0.294. The number of carbonyl (C=O) groups excluding carboxylic acids is 1. The monoisotopic (exact) mass is 225 g/mol. The molecule has 0 spiro atoms. The summed E-state index contributed by atoms with van der Waals surface area (Å²) in [6.07, 6.45) is 1.56. The highest BCUT2D eigenvalue weighted by Crippen LogP contribution is 2.03. The molecule has 0 N–H and O–H groups in total. The van der Waals surface area contributed by atoms with Crippen LogP contribution in [0.1, 0.15) is 29.9 Å². The second-order valence-electron chi connectivity index (χ2n) is 2.94. The summed E-state index contributed by atoms with van der Waals surface area (Å²) < 4.78 is 4.81. The van der Waals surface area contributed by atoms with Gasteiger partial charge in [-0.05, 0) is 25.5 Å². The maximum absolute atomic E-state index is 11.3. The van der Waals surface area contributed by atoms with Gasteiger partial charge >= 0.3 is 5.97 Å². The quantitative estimate of drug-likeness (QED) is 0.319. The van der Waals surface area contributed by atoms with Crippen LogP contribution >= 0.6 is 0 Å². The number of carbonyl (C=O) groups is 1. The van der Waals surface area contributed by atoms with Gasteiger partial charge < -0.3 is 4.74 Å². The molecule has 5 nitrogen and oxygen atoms in total. The van der Waals surface area contributed by atoms with Gasteiger partial charge in [0.05, 0.1) is 13.2 Å². The Bertz CT molecular complexity index is 323. The van der Waals surface area contributed by atoms with Crippen LogP contribution < -0.4 is 0 Å². The number of aromatic nitrogens is 1. The zero-order valence-corrected chi connectivity index (χ0v) is 9.43. The summed E-state index contributed by atoms with van der Waals surface area (Å²) >= 11 is 0. The van der Waals surface area contributed by atoms with Crippen molar-refractivity contribution in [2.24, 2.45) is 0 Å². The third kappa shape index (κ3) is 3.96. The van der Waals surface area contributed by atoms with Gasteiger partial charge in [0.15, 0.2) is 0 Å². The minimum atomic E-state index is -0.417. The number of nitrogens with zero attached hydrogens (tertiary/aromatic N) is 1. The van der Waals surface area contributed by atoms with Crippen LogP contribution in [-0.4, -0.2) is 24.2 Å². The Morgan fingerprint density at radius 2 is 2.06 bits per heavy atom. The van der Waals surface area contributed by atoms with Crippen molar-refractivity contribution in [3.8, 4) is 0 Å². The van der Waals surface area contributed by atoms with E-state index in [0.717, 1.165) is 5.56 Å². The molecule has 0 aliphatic rings. The molecule has 1 rings (SSSR count). The molecule has 0 fully saturated rings. The maximum Gasteiger partial charge on any atom is 0.356 e. The summed E-state index contributed by atoms with van der Waals surface area (Å²) in [5, 5.41) is 0. The van der Waals surface area contributed by atoms with Crippen molar-refractivity contribution in [2.45, 2.75) is 20.5 Å². The number of esters is 1. The third-order valence-corrected chi connectivity index (χ3v) is 1.74. The van der Waals surface area contributed by atoms with Crippen molar-refractivity contribution >= 4 is 5.97 Å². The largest absolute Gasteiger partial charge is 0.461 e. The van der Waals surface area contributed by atoms with Crippen LogP contribution in [0.4, 0.5) is 0 Å². The first-order valence-corrected chi connectivity index (χ1v) is 5.14. The normalized spacial score (nSPS) is 10.1. The molecule has 0 radical (unpaired) electrons. The van der Waals surface area contributed by atoms with Crippen LogP contribution in [0, 0.1) is 0 Å². The van der Waals surface area contributed by atoms with Crippen LogP contribution in [-0.2, 0) is 21.1 Å². The van der Waals surface area contributed by atoms with E-state index in [1.807, 2.05) is 6.92 Å². The van der Waals surface area contributed by atoms with Crippen molar-refractivity contribution in [1.82, 2.24) is 4.98 Å². The van der Waals surface area contributed by atoms with E-state index in [1.54, 1.807) is 25.3 Å². The van der Waals surface area contributed by atoms with Crippen LogP contribution in [0.2, 0.25) is 0 Å². The highest BCUT2D eigenvalue weighted by atomic mass is 17.2. The van der Waals surface area contributed by atoms with Gasteiger partial charge in [-0.25, -0.2) is 19.6 Å². The fraction of sp³-hybridized carbons (Fsp3) is 0.455. The number of rotatable bonds is 6. The zero-order chi connectivity index (χ0) is 11.8. The first kappa shape index (κ1) is 12.6. The lowest BCUT2D eigenvalue weighted by atomic mass is 10.2. The second-order valence-corrected chi connectivity index (χ2v) is 2.94. The topological polar surface area (TPSA) is 57.7 Å². The molecule has 0 saturated carbocycles. The lowest BCUT2D eigenvalue weighted by molar-refractivity contribution is -0.300. The Labute approximate surface area is 94.3 Å². The van der Waals surface area contributed by atoms with Crippen molar-refractivity contribution in [1.29, 1.82) is 0 Å². The molecule has 0 aromatic carbocycles. The Kier molecular flexibility index (Phi) is 5.45. The van der Waals surface area contributed by atoms with E-state index in [0.29, 0.717) is 25.5 Å². The van der Waals surface area contributed by atoms with E-state index in [1.165, 1.54) is 0 Å². The minimum Gasteiger partial charge on any atom is -0.461 e. The summed E-state index contributed by atoms with van der Waals surface area (Å²) in [7, 11) is 0. The summed E-state index contributed by atoms with van der Waals surface area (Å²) in [4.78, 5) is 24.8. The average Bonchev–Trinajstić information content (AvgIpc) is 2.30. The van der Waals surface area contributed by atoms with E-state index in [9.17, 15) is 4.79 Å². The Morgan fingerprint density at radius 3 is 2.62 bits per heavy atom. The molecule has 0 aliphatic carbocycles. The van der Waals surface area contributed by atoms with E-state index >= 15 is 0 Å². The molecule has 1 heterocycles. The van der Waals surface area contributed by atoms with Gasteiger partial charge in [-0.3, -0.25) is 0 Å². The van der Waals surface area contributed by atoms with Crippen molar-refractivity contribution in [2.75, 3.05) is 13.2 Å². The number of hydrogen-bond donors (Lipinski definition) is 0. The fourth-order valence-electron chi connectivity index (χ4n) is 1.03. The predicted octanol–water partition coefficient (Wildman–Crippen LogP) is 1.73. The first-order chi connectivity index (χ1) is 7.77. The van der Waals surface area contributed by atoms with Gasteiger partial charge in [0.1, 0.15) is 12.3 Å². The standard InChI is InChI=1S/C11H15NO4/c1-3-14-11(13)10-6-5-9(7-12-10)8-16-15-4-2/h5-7H,3-4,8H2,1-2H3. The SMILES string of the molecule is CCOOCc1ccc(C(=O)OCC)nc1. The van der Waals surface area contributed by atoms with E-state index in [2.05, 4.69) is 4.98 Å². The molecule has 5 heteroatoms. The smallest absolute Gasteiger partial charge is 0.356 e. The third-order valence-electron chi connectivity index (χ3n) is 1.74. The molecular weight excluding hydrogens is 210 g/mol. The van der Waals surface area contributed by atoms with E-state index in [4.69, 9.17) is 14.5 Å². The second kappa shape index (κ2) is 6.92. The molecule has 0 saturated heterocycles. The fourth-order valence-corrected chi connectivity index (χ4v) is 1.03. The highest BCUT2D eigenvalue weighted by Gasteiger charge is 2.07. The van der Waals surface area contributed by atoms with Crippen LogP contribution in [0.15, 0.2) is 18.3 Å². The van der Waals surface area contributed by atoms with Gasteiger partial charge in [-0.15, -0.1) is 0 Å². The van der Waals surface area contributed by atoms with Gasteiger partial charge in [0.2, 0.25) is 0 Å². The van der Waals surface area contributed by atoms with Crippen molar-refractivity contribution in [3.05, 3.63) is 29.6 Å². The predicted molar refractivity (Wildman–Crippen MR) is 56.6 cm³/mol. The first-order valence-electron chi connectivity index (χ1n) is 5.14. The van der Waals surface area contributed by atoms with E-state index in [-0.39, 0.29) is 0 Å². The molecular formula is C11H15NO4. The number of ether oxygens (including phenoxy) is 1. The highest BCUT2D eigenvalue weighted by molar-refractivity contribution is 5.87. The Balaban J connectivity index is 2.50. The summed E-state index contributed by atoms with van der Waals surface area (Å²) in [6.45, 7) is 4.73. The molecule has 0 atom stereocenters. The Morgan fingerprint density at radius 1 is 1.25 bits per heavy atom. The number of hydrogen-bond acceptors (Lipinski definition) is 5. The molecule has 1 aromatic heterocycles.